The third-order valence-corrected chi connectivity index (χ3v) is 11.3. The van der Waals surface area contributed by atoms with Gasteiger partial charge in [-0.1, -0.05) is 78.9 Å². The molecule has 21 heteroatoms. The van der Waals surface area contributed by atoms with Crippen LogP contribution in [0.3, 0.4) is 0 Å². The van der Waals surface area contributed by atoms with Crippen LogP contribution in [0.1, 0.15) is 15.5 Å². The number of rotatable bonds is 6. The minimum atomic E-state index is -6.09. The summed E-state index contributed by atoms with van der Waals surface area (Å²) in [6.45, 7) is -0.373. The Balaban J connectivity index is 0.000000236. The number of aliphatic hydroxyl groups excluding tert-OH is 1. The van der Waals surface area contributed by atoms with E-state index in [1.54, 1.807) is 32.9 Å². The SMILES string of the molecule is CO.COC.Cc1ncncc1-[n+]1c(-c2[c-]cccc2)[n-]c2ccccc21.O=S(=O)([O-])C(F)(F)F.[2H]C([2H])([2H])c1ncncc1-n1c(-c2ccccc2)nc2ccccc21.[Ir+3].[Ir].[c-]1ccccc1-c1ccccn1.[c-]1ccccc1-c1ccccn1. The number of nitrogens with zero attached hydrogens (tertiary/aromatic N) is 10. The van der Waals surface area contributed by atoms with Gasteiger partial charge in [-0.15, -0.1) is 108 Å². The van der Waals surface area contributed by atoms with E-state index >= 15 is 0 Å². The van der Waals surface area contributed by atoms with Crippen molar-refractivity contribution in [2.75, 3.05) is 21.3 Å². The zero-order chi connectivity index (χ0) is 60.5. The Morgan fingerprint density at radius 1 is 0.651 bits per heavy atom. The van der Waals surface area contributed by atoms with Crippen molar-refractivity contribution in [2.45, 2.75) is 19.3 Å². The Morgan fingerprint density at radius 2 is 1.13 bits per heavy atom. The van der Waals surface area contributed by atoms with Gasteiger partial charge in [0, 0.05) is 63.5 Å². The second kappa shape index (κ2) is 34.2. The fourth-order valence-electron chi connectivity index (χ4n) is 7.27. The summed E-state index contributed by atoms with van der Waals surface area (Å²) < 4.78 is 90.5. The molecule has 12 rings (SSSR count). The van der Waals surface area contributed by atoms with Crippen LogP contribution in [0.4, 0.5) is 13.2 Å². The number of fused-ring (bicyclic) bond motifs is 2. The van der Waals surface area contributed by atoms with E-state index < -0.39 is 22.5 Å². The second-order valence-electron chi connectivity index (χ2n) is 16.2. The average Bonchev–Trinajstić information content (AvgIpc) is 1.93. The summed E-state index contributed by atoms with van der Waals surface area (Å²) in [7, 11) is -1.84. The quantitative estimate of drug-likeness (QED) is 0.0714. The van der Waals surface area contributed by atoms with E-state index in [0.29, 0.717) is 11.5 Å². The number of methoxy groups -OCH3 is 1. The maximum atomic E-state index is 10.7. The predicted octanol–water partition coefficient (Wildman–Crippen LogP) is 11.4. The van der Waals surface area contributed by atoms with Gasteiger partial charge < -0.3 is 28.9 Å². The van der Waals surface area contributed by atoms with Gasteiger partial charge in [-0.25, -0.2) is 33.3 Å². The molecule has 0 spiro atoms. The molecule has 6 aromatic heterocycles. The molecule has 15 nitrogen and oxygen atoms in total. The number of imidazole rings is 2. The normalized spacial score (nSPS) is 10.9. The molecule has 0 saturated carbocycles. The molecule has 0 atom stereocenters. The molecule has 0 aliphatic carbocycles. The molecule has 0 unspecified atom stereocenters. The van der Waals surface area contributed by atoms with E-state index in [2.05, 4.69) is 63.5 Å². The molecule has 1 N–H and O–H groups in total. The first kappa shape index (κ1) is 62.2. The van der Waals surface area contributed by atoms with Crippen molar-refractivity contribution in [1.82, 2.24) is 44.4 Å². The van der Waals surface area contributed by atoms with E-state index in [1.807, 2.05) is 200 Å². The van der Waals surface area contributed by atoms with Gasteiger partial charge in [0.2, 0.25) is 0 Å². The number of hydrogen-bond acceptors (Lipinski definition) is 12. The first-order chi connectivity index (χ1) is 40.5. The van der Waals surface area contributed by atoms with Gasteiger partial charge in [0.25, 0.3) is 0 Å². The van der Waals surface area contributed by atoms with Crippen molar-refractivity contribution in [3.05, 3.63) is 255 Å². The maximum absolute atomic E-state index is 10.7. The van der Waals surface area contributed by atoms with Gasteiger partial charge in [-0.05, 0) is 61.6 Å². The number of alkyl halides is 3. The topological polar surface area (TPSA) is 200 Å². The molecule has 0 saturated heterocycles. The molecule has 6 aromatic carbocycles. The summed E-state index contributed by atoms with van der Waals surface area (Å²) in [5.41, 5.74) is 6.03. The number of aromatic nitrogens is 10. The number of pyridine rings is 2. The van der Waals surface area contributed by atoms with Crippen LogP contribution in [-0.2, 0) is 55.1 Å². The molecule has 427 valence electrons. The van der Waals surface area contributed by atoms with Crippen molar-refractivity contribution >= 4 is 32.2 Å². The number of para-hydroxylation sites is 4. The molecule has 83 heavy (non-hydrogen) atoms. The molecular formula is C62H53F3Ir2N10O5S-. The molecule has 1 radical (unpaired) electrons. The minimum absolute atomic E-state index is 0. The van der Waals surface area contributed by atoms with E-state index in [1.165, 1.54) is 12.5 Å². The Kier molecular flexibility index (Phi) is 25.6. The molecular weight excluding hydrogens is 1440 g/mol. The van der Waals surface area contributed by atoms with Crippen molar-refractivity contribution in [3.63, 3.8) is 0 Å². The Bertz CT molecular complexity index is 3870. The number of aryl methyl sites for hydroxylation is 2. The monoisotopic (exact) mass is 1500 g/mol. The van der Waals surface area contributed by atoms with Gasteiger partial charge in [0.05, 0.1) is 63.0 Å². The van der Waals surface area contributed by atoms with Crippen LogP contribution in [0.2, 0.25) is 0 Å². The van der Waals surface area contributed by atoms with Gasteiger partial charge in [0.1, 0.15) is 18.5 Å². The summed E-state index contributed by atoms with van der Waals surface area (Å²) in [5, 5.41) is 7.00. The molecule has 6 heterocycles. The van der Waals surface area contributed by atoms with Gasteiger partial charge in [-0.3, -0.25) is 9.55 Å². The largest absolute Gasteiger partial charge is 3.00 e. The molecule has 0 aliphatic rings. The summed E-state index contributed by atoms with van der Waals surface area (Å²) >= 11 is 0. The maximum Gasteiger partial charge on any atom is 3.00 e. The summed E-state index contributed by atoms with van der Waals surface area (Å²) in [5.74, 6) is 1.50. The van der Waals surface area contributed by atoms with Gasteiger partial charge in [0.15, 0.2) is 10.1 Å². The first-order valence-corrected chi connectivity index (χ1v) is 25.6. The Morgan fingerprint density at radius 3 is 1.64 bits per heavy atom. The van der Waals surface area contributed by atoms with Crippen LogP contribution in [0.15, 0.2) is 225 Å². The zero-order valence-corrected chi connectivity index (χ0v) is 50.2. The molecule has 0 aliphatic heterocycles. The van der Waals surface area contributed by atoms with Crippen LogP contribution in [0.25, 0.3) is 78.7 Å². The van der Waals surface area contributed by atoms with E-state index in [9.17, 15) is 13.2 Å². The first-order valence-electron chi connectivity index (χ1n) is 25.7. The van der Waals surface area contributed by atoms with Crippen LogP contribution in [0, 0.1) is 32.0 Å². The number of ether oxygens (including phenoxy) is 1. The van der Waals surface area contributed by atoms with Crippen molar-refractivity contribution in [1.29, 1.82) is 0 Å². The fourth-order valence-corrected chi connectivity index (χ4v) is 7.27. The third kappa shape index (κ3) is 19.1. The Hall–Kier alpha value is -8.36. The van der Waals surface area contributed by atoms with Gasteiger partial charge in [-0.2, -0.15) is 13.2 Å². The van der Waals surface area contributed by atoms with E-state index in [4.69, 9.17) is 32.2 Å². The number of aliphatic hydroxyl groups is 1. The average molecular weight is 1490 g/mol. The smallest absolute Gasteiger partial charge is 0.741 e. The summed E-state index contributed by atoms with van der Waals surface area (Å²) in [6, 6.07) is 70.1. The molecule has 12 aromatic rings. The second-order valence-corrected chi connectivity index (χ2v) is 17.6. The fraction of sp³-hybridized carbons (Fsp3) is 0.0968. The summed E-state index contributed by atoms with van der Waals surface area (Å²) in [6.07, 6.45) is 9.74. The van der Waals surface area contributed by atoms with Crippen molar-refractivity contribution in [2.24, 2.45) is 0 Å². The van der Waals surface area contributed by atoms with E-state index in [0.717, 1.165) is 80.0 Å². The molecule has 0 bridgehead atoms. The third-order valence-electron chi connectivity index (χ3n) is 10.7. The standard InChI is InChI=1S/C18H14N4.C18H13N4.2C11H8N.C2H6O.CHF3O3S.CH4O.2Ir/c2*1-13-17(11-19-12-20-13)22-16-10-6-5-9-15(16)21-18(22)14-7-3-2-4-8-14;2*1-2-6-10(7-3-1)11-8-4-5-9-12-11;1-3-2;2-1(3,4)8(5,6)7;1-2;;/h2-12H,1H3;2-7,9-12H,1H3;2*1-6,8-9H;1-2H3;(H,5,6,7);2H,1H3;;/q;3*-1;;;;;+3/p-1/i1D3;;;;;;;;. The van der Waals surface area contributed by atoms with Crippen LogP contribution >= 0.6 is 0 Å². The molecule has 0 amide bonds. The van der Waals surface area contributed by atoms with Gasteiger partial charge >= 0.3 is 25.6 Å². The van der Waals surface area contributed by atoms with Crippen LogP contribution in [-0.4, -0.2) is 84.4 Å². The van der Waals surface area contributed by atoms with Crippen molar-refractivity contribution < 1.29 is 84.9 Å². The molecule has 0 fully saturated rings. The van der Waals surface area contributed by atoms with Crippen LogP contribution in [0.5, 0.6) is 0 Å². The minimum Gasteiger partial charge on any atom is -0.741 e. The zero-order valence-electron chi connectivity index (χ0n) is 47.6. The summed E-state index contributed by atoms with van der Waals surface area (Å²) in [4.78, 5) is 34.5. The van der Waals surface area contributed by atoms with Crippen LogP contribution < -0.4 is 9.55 Å². The predicted molar refractivity (Wildman–Crippen MR) is 304 cm³/mol. The van der Waals surface area contributed by atoms with Crippen molar-refractivity contribution in [3.8, 4) is 56.7 Å². The number of benzene rings is 6. The van der Waals surface area contributed by atoms with E-state index in [-0.39, 0.29) is 45.9 Å². The Labute approximate surface area is 510 Å². The number of hydrogen-bond donors (Lipinski definition) is 1. The number of halogens is 3.